The molecule has 0 bridgehead atoms. The lowest BCUT2D eigenvalue weighted by molar-refractivity contribution is -0.126. The van der Waals surface area contributed by atoms with Crippen LogP contribution in [0, 0.1) is 17.5 Å². The van der Waals surface area contributed by atoms with Crippen molar-refractivity contribution < 1.29 is 27.1 Å². The van der Waals surface area contributed by atoms with Crippen LogP contribution in [0.15, 0.2) is 49.2 Å². The Morgan fingerprint density at radius 2 is 1.91 bits per heavy atom. The Bertz CT molecular complexity index is 1790. The molecule has 8 nitrogen and oxygen atoms in total. The molecule has 3 saturated heterocycles. The van der Waals surface area contributed by atoms with Gasteiger partial charge in [0.1, 0.15) is 23.2 Å². The number of nitrogens with zero attached hydrogens (tertiary/aromatic N) is 6. The van der Waals surface area contributed by atoms with Gasteiger partial charge in [0, 0.05) is 49.4 Å². The first-order chi connectivity index (χ1) is 22.1. The van der Waals surface area contributed by atoms with Gasteiger partial charge in [0.15, 0.2) is 17.5 Å². The van der Waals surface area contributed by atoms with Crippen LogP contribution in [0.1, 0.15) is 32.6 Å². The number of methoxy groups -OCH3 is 1. The summed E-state index contributed by atoms with van der Waals surface area (Å²) in [6.07, 6.45) is 6.18. The fraction of sp³-hybridized carbons (Fsp3) is 0.412. The maximum absolute atomic E-state index is 16.0. The molecule has 0 radical (unpaired) electrons. The van der Waals surface area contributed by atoms with Crippen LogP contribution < -0.4 is 9.64 Å². The SMILES string of the molecule is C=CC(=O)N1CCC(N(C)c2nc(OC)nc3c(F)c(-c4cccc5ccc(F)c(F)c45)ncc23)C1C.FC1CC2CCCN2C1. The third-order valence-corrected chi connectivity index (χ3v) is 9.48. The minimum absolute atomic E-state index is 0.0646. The number of anilines is 1. The fourth-order valence-corrected chi connectivity index (χ4v) is 7.13. The highest BCUT2D eigenvalue weighted by molar-refractivity contribution is 5.99. The van der Waals surface area contributed by atoms with Gasteiger partial charge in [-0.3, -0.25) is 14.7 Å². The van der Waals surface area contributed by atoms with Gasteiger partial charge in [-0.15, -0.1) is 0 Å². The summed E-state index contributed by atoms with van der Waals surface area (Å²) in [5.41, 5.74) is -0.143. The smallest absolute Gasteiger partial charge is 0.318 e. The molecule has 242 valence electrons. The number of likely N-dealkylation sites (tertiary alicyclic amines) is 1. The van der Waals surface area contributed by atoms with Crippen LogP contribution in [0.3, 0.4) is 0 Å². The first-order valence-electron chi connectivity index (χ1n) is 15.4. The van der Waals surface area contributed by atoms with Crippen molar-refractivity contribution in [1.29, 1.82) is 0 Å². The summed E-state index contributed by atoms with van der Waals surface area (Å²) < 4.78 is 62.7. The maximum atomic E-state index is 16.0. The first kappa shape index (κ1) is 31.7. The third kappa shape index (κ3) is 5.63. The van der Waals surface area contributed by atoms with Crippen molar-refractivity contribution in [3.05, 3.63) is 66.6 Å². The zero-order valence-corrected chi connectivity index (χ0v) is 26.0. The number of pyridine rings is 1. The Hall–Kier alpha value is -4.32. The molecule has 4 unspecified atom stereocenters. The van der Waals surface area contributed by atoms with Gasteiger partial charge in [0.25, 0.3) is 0 Å². The van der Waals surface area contributed by atoms with Crippen molar-refractivity contribution in [2.24, 2.45) is 0 Å². The third-order valence-electron chi connectivity index (χ3n) is 9.48. The monoisotopic (exact) mass is 636 g/mol. The summed E-state index contributed by atoms with van der Waals surface area (Å²) in [5.74, 6) is -2.72. The van der Waals surface area contributed by atoms with E-state index in [1.54, 1.807) is 24.1 Å². The Balaban J connectivity index is 0.000000352. The normalized spacial score (nSPS) is 22.5. The molecule has 3 fully saturated rings. The van der Waals surface area contributed by atoms with Crippen LogP contribution in [-0.4, -0.2) is 88.7 Å². The van der Waals surface area contributed by atoms with E-state index in [1.807, 2.05) is 11.8 Å². The quantitative estimate of drug-likeness (QED) is 0.194. The van der Waals surface area contributed by atoms with Crippen LogP contribution >= 0.6 is 0 Å². The number of aromatic nitrogens is 3. The van der Waals surface area contributed by atoms with Crippen LogP contribution in [0.25, 0.3) is 32.9 Å². The molecule has 46 heavy (non-hydrogen) atoms. The van der Waals surface area contributed by atoms with E-state index in [2.05, 4.69) is 26.4 Å². The summed E-state index contributed by atoms with van der Waals surface area (Å²) in [5, 5.41) is 0.655. The van der Waals surface area contributed by atoms with Crippen LogP contribution in [0.4, 0.5) is 23.4 Å². The molecule has 3 aliphatic rings. The zero-order chi connectivity index (χ0) is 32.7. The van der Waals surface area contributed by atoms with Gasteiger partial charge in [-0.05, 0) is 56.7 Å². The molecule has 0 aliphatic carbocycles. The highest BCUT2D eigenvalue weighted by atomic mass is 19.2. The molecular weight excluding hydrogens is 600 g/mol. The van der Waals surface area contributed by atoms with E-state index in [9.17, 15) is 18.0 Å². The summed E-state index contributed by atoms with van der Waals surface area (Å²) in [4.78, 5) is 31.1. The van der Waals surface area contributed by atoms with Crippen LogP contribution in [0.5, 0.6) is 6.01 Å². The fourth-order valence-electron chi connectivity index (χ4n) is 7.13. The molecule has 4 aromatic rings. The van der Waals surface area contributed by atoms with Crippen molar-refractivity contribution in [3.8, 4) is 17.3 Å². The van der Waals surface area contributed by atoms with E-state index in [4.69, 9.17) is 4.74 Å². The molecule has 7 rings (SSSR count). The standard InChI is InChI=1S/C27H24F3N5O2.C7H12FN/c1-5-20(36)35-12-11-19(14(35)2)34(3)26-17-13-31-24(23(30)25(17)32-27(33-26)37-4)16-8-6-7-15-9-10-18(28)22(29)21(15)16;8-6-4-7-2-1-3-9(7)5-6/h5-10,13-14,19H,1,11-12H2,2-4H3;6-7H,1-5H2. The lowest BCUT2D eigenvalue weighted by atomic mass is 10.00. The number of alkyl halides is 1. The first-order valence-corrected chi connectivity index (χ1v) is 15.4. The highest BCUT2D eigenvalue weighted by Crippen LogP contribution is 2.37. The van der Waals surface area contributed by atoms with E-state index in [0.29, 0.717) is 42.1 Å². The van der Waals surface area contributed by atoms with E-state index in [1.165, 1.54) is 44.4 Å². The van der Waals surface area contributed by atoms with Crippen LogP contribution in [-0.2, 0) is 4.79 Å². The Morgan fingerprint density at radius 3 is 2.65 bits per heavy atom. The second kappa shape index (κ2) is 12.8. The molecule has 2 aromatic heterocycles. The molecule has 4 atom stereocenters. The average Bonchev–Trinajstić information content (AvgIpc) is 3.76. The number of hydrogen-bond donors (Lipinski definition) is 0. The number of likely N-dealkylation sites (N-methyl/N-ethyl adjacent to an activating group) is 1. The highest BCUT2D eigenvalue weighted by Gasteiger charge is 2.37. The van der Waals surface area contributed by atoms with Crippen molar-refractivity contribution in [3.63, 3.8) is 0 Å². The Kier molecular flexibility index (Phi) is 8.82. The molecular formula is C34H36F4N6O2. The van der Waals surface area contributed by atoms with Gasteiger partial charge < -0.3 is 14.5 Å². The topological polar surface area (TPSA) is 74.7 Å². The van der Waals surface area contributed by atoms with Crippen molar-refractivity contribution >= 4 is 33.4 Å². The number of carbonyl (C=O) groups is 1. The number of amides is 1. The maximum Gasteiger partial charge on any atom is 0.318 e. The van der Waals surface area contributed by atoms with Gasteiger partial charge in [0.05, 0.1) is 18.5 Å². The predicted octanol–water partition coefficient (Wildman–Crippen LogP) is 6.08. The average molecular weight is 637 g/mol. The second-order valence-electron chi connectivity index (χ2n) is 12.0. The molecule has 0 spiro atoms. The molecule has 1 amide bonds. The summed E-state index contributed by atoms with van der Waals surface area (Å²) in [6.45, 7) is 7.90. The summed E-state index contributed by atoms with van der Waals surface area (Å²) in [6, 6.07) is 7.45. The van der Waals surface area contributed by atoms with E-state index >= 15 is 4.39 Å². The largest absolute Gasteiger partial charge is 0.467 e. The van der Waals surface area contributed by atoms with Crippen molar-refractivity contribution in [2.45, 2.75) is 56.9 Å². The van der Waals surface area contributed by atoms with Gasteiger partial charge in [0.2, 0.25) is 5.91 Å². The number of benzene rings is 2. The van der Waals surface area contributed by atoms with Gasteiger partial charge in [-0.25, -0.2) is 17.6 Å². The van der Waals surface area contributed by atoms with Crippen molar-refractivity contribution in [2.75, 3.05) is 38.7 Å². The Morgan fingerprint density at radius 1 is 1.11 bits per heavy atom. The van der Waals surface area contributed by atoms with Gasteiger partial charge in [-0.1, -0.05) is 30.8 Å². The van der Waals surface area contributed by atoms with E-state index < -0.39 is 23.6 Å². The molecule has 12 heteroatoms. The van der Waals surface area contributed by atoms with E-state index in [-0.39, 0.29) is 46.2 Å². The molecule has 0 saturated carbocycles. The van der Waals surface area contributed by atoms with Gasteiger partial charge in [-0.2, -0.15) is 9.97 Å². The van der Waals surface area contributed by atoms with Crippen LogP contribution in [0.2, 0.25) is 0 Å². The molecule has 2 aromatic carbocycles. The number of halogens is 4. The molecule has 0 N–H and O–H groups in total. The molecule has 5 heterocycles. The lowest BCUT2D eigenvalue weighted by Crippen LogP contribution is -2.43. The second-order valence-corrected chi connectivity index (χ2v) is 12.0. The lowest BCUT2D eigenvalue weighted by Gasteiger charge is -2.31. The number of fused-ring (bicyclic) bond motifs is 3. The number of hydrogen-bond acceptors (Lipinski definition) is 7. The van der Waals surface area contributed by atoms with Gasteiger partial charge >= 0.3 is 6.01 Å². The number of ether oxygens (including phenoxy) is 1. The summed E-state index contributed by atoms with van der Waals surface area (Å²) in [7, 11) is 3.18. The zero-order valence-electron chi connectivity index (χ0n) is 26.0. The predicted molar refractivity (Wildman–Crippen MR) is 169 cm³/mol. The van der Waals surface area contributed by atoms with Crippen molar-refractivity contribution in [1.82, 2.24) is 24.8 Å². The Labute approximate surface area is 264 Å². The number of carbonyl (C=O) groups excluding carboxylic acids is 1. The minimum atomic E-state index is -1.08. The van der Waals surface area contributed by atoms with E-state index in [0.717, 1.165) is 19.0 Å². The molecule has 3 aliphatic heterocycles. The summed E-state index contributed by atoms with van der Waals surface area (Å²) >= 11 is 0. The number of rotatable bonds is 5. The minimum Gasteiger partial charge on any atom is -0.467 e.